The van der Waals surface area contributed by atoms with Gasteiger partial charge in [0.1, 0.15) is 6.10 Å². The monoisotopic (exact) mass is 221 g/mol. The summed E-state index contributed by atoms with van der Waals surface area (Å²) in [5.74, 6) is 0.833. The molecule has 0 spiro atoms. The highest BCUT2D eigenvalue weighted by Crippen LogP contribution is 2.19. The fraction of sp³-hybridized carbons (Fsp3) is 0.462. The first-order valence-electron chi connectivity index (χ1n) is 5.59. The Balaban J connectivity index is 0.000000280. The topological polar surface area (TPSA) is 38.3 Å². The van der Waals surface area contributed by atoms with E-state index in [0.717, 1.165) is 11.5 Å². The van der Waals surface area contributed by atoms with Gasteiger partial charge in [0.2, 0.25) is 0 Å². The number of hydrogen-bond donors (Lipinski definition) is 1. The highest BCUT2D eigenvalue weighted by atomic mass is 16.6. The minimum Gasteiger partial charge on any atom is -0.439 e. The van der Waals surface area contributed by atoms with E-state index in [1.807, 2.05) is 30.3 Å². The van der Waals surface area contributed by atoms with Crippen molar-refractivity contribution in [3.63, 3.8) is 0 Å². The number of amides is 1. The fourth-order valence-corrected chi connectivity index (χ4v) is 1.24. The quantitative estimate of drug-likeness (QED) is 0.791. The zero-order valence-electron chi connectivity index (χ0n) is 10.1. The van der Waals surface area contributed by atoms with Crippen molar-refractivity contribution in [1.82, 2.24) is 5.32 Å². The molecule has 1 aliphatic heterocycles. The van der Waals surface area contributed by atoms with Crippen LogP contribution < -0.4 is 5.32 Å². The van der Waals surface area contributed by atoms with Crippen molar-refractivity contribution in [2.75, 3.05) is 6.54 Å². The van der Waals surface area contributed by atoms with Crippen LogP contribution in [0.3, 0.4) is 0 Å². The van der Waals surface area contributed by atoms with E-state index in [1.165, 1.54) is 0 Å². The molecule has 16 heavy (non-hydrogen) atoms. The highest BCUT2D eigenvalue weighted by Gasteiger charge is 2.23. The van der Waals surface area contributed by atoms with Gasteiger partial charge >= 0.3 is 6.09 Å². The third kappa shape index (κ3) is 4.34. The Bertz CT molecular complexity index is 319. The van der Waals surface area contributed by atoms with E-state index in [2.05, 4.69) is 26.1 Å². The van der Waals surface area contributed by atoms with E-state index in [1.54, 1.807) is 0 Å². The maximum absolute atomic E-state index is 10.7. The molecule has 1 fully saturated rings. The number of nitrogens with one attached hydrogen (secondary N) is 1. The summed E-state index contributed by atoms with van der Waals surface area (Å²) in [6.07, 6.45) is -0.442. The van der Waals surface area contributed by atoms with E-state index in [4.69, 9.17) is 4.74 Å². The first kappa shape index (κ1) is 12.6. The van der Waals surface area contributed by atoms with Gasteiger partial charge in [-0.2, -0.15) is 0 Å². The van der Waals surface area contributed by atoms with Crippen LogP contribution in [0.5, 0.6) is 0 Å². The maximum Gasteiger partial charge on any atom is 0.407 e. The molecular formula is C13H19NO2. The molecule has 88 valence electrons. The van der Waals surface area contributed by atoms with Gasteiger partial charge in [-0.15, -0.1) is 0 Å². The molecule has 0 bridgehead atoms. The largest absolute Gasteiger partial charge is 0.439 e. The fourth-order valence-electron chi connectivity index (χ4n) is 1.24. The number of benzene rings is 1. The van der Waals surface area contributed by atoms with E-state index in [-0.39, 0.29) is 12.2 Å². The van der Waals surface area contributed by atoms with E-state index in [0.29, 0.717) is 6.54 Å². The van der Waals surface area contributed by atoms with Gasteiger partial charge in [0.05, 0.1) is 6.54 Å². The minimum atomic E-state index is -0.330. The molecule has 2 rings (SSSR count). The minimum absolute atomic E-state index is 0.112. The number of hydrogen-bond acceptors (Lipinski definition) is 2. The number of ether oxygens (including phenoxy) is 1. The number of alkyl carbamates (subject to hydrolysis) is 1. The lowest BCUT2D eigenvalue weighted by atomic mass is 10.1. The molecule has 1 aliphatic rings. The first-order valence-corrected chi connectivity index (χ1v) is 5.59. The van der Waals surface area contributed by atoms with Crippen LogP contribution in [0.25, 0.3) is 0 Å². The molecule has 0 aromatic heterocycles. The summed E-state index contributed by atoms with van der Waals surface area (Å²) in [6, 6.07) is 9.70. The van der Waals surface area contributed by atoms with Crippen molar-refractivity contribution < 1.29 is 9.53 Å². The molecule has 1 heterocycles. The lowest BCUT2D eigenvalue weighted by Gasteiger charge is -2.06. The second-order valence-electron chi connectivity index (χ2n) is 4.42. The predicted octanol–water partition coefficient (Wildman–Crippen LogP) is 3.13. The number of cyclic esters (lactones) is 1. The second kappa shape index (κ2) is 6.16. The summed E-state index contributed by atoms with van der Waals surface area (Å²) in [7, 11) is 0. The van der Waals surface area contributed by atoms with Gasteiger partial charge in [0.15, 0.2) is 0 Å². The van der Waals surface area contributed by atoms with Crippen LogP contribution in [0.2, 0.25) is 0 Å². The molecule has 1 amide bonds. The summed E-state index contributed by atoms with van der Waals surface area (Å²) in [5, 5.41) is 2.61. The standard InChI is InChI=1S/C9H9NO2.C4H10/c11-9-10-6-8(12-9)7-4-2-1-3-5-7;1-4(2)3/h1-5,8H,6H2,(H,10,11);4H,1-3H3/t8-;/m0./s1. The van der Waals surface area contributed by atoms with Crippen molar-refractivity contribution in [3.05, 3.63) is 35.9 Å². The number of rotatable bonds is 1. The molecule has 1 aromatic carbocycles. The lowest BCUT2D eigenvalue weighted by Crippen LogP contribution is -2.12. The van der Waals surface area contributed by atoms with Crippen molar-refractivity contribution in [2.24, 2.45) is 5.92 Å². The molecule has 0 unspecified atom stereocenters. The van der Waals surface area contributed by atoms with Gasteiger partial charge in [-0.05, 0) is 11.5 Å². The summed E-state index contributed by atoms with van der Waals surface area (Å²) in [4.78, 5) is 10.7. The van der Waals surface area contributed by atoms with Gasteiger partial charge < -0.3 is 10.1 Å². The Morgan fingerprint density at radius 2 is 1.81 bits per heavy atom. The van der Waals surface area contributed by atoms with Crippen LogP contribution in [-0.4, -0.2) is 12.6 Å². The molecule has 3 nitrogen and oxygen atoms in total. The first-order chi connectivity index (χ1) is 7.59. The van der Waals surface area contributed by atoms with Crippen molar-refractivity contribution >= 4 is 6.09 Å². The molecule has 1 N–H and O–H groups in total. The maximum atomic E-state index is 10.7. The predicted molar refractivity (Wildman–Crippen MR) is 64.2 cm³/mol. The van der Waals surface area contributed by atoms with Crippen molar-refractivity contribution in [2.45, 2.75) is 26.9 Å². The average Bonchev–Trinajstić information content (AvgIpc) is 2.65. The van der Waals surface area contributed by atoms with Crippen molar-refractivity contribution in [1.29, 1.82) is 0 Å². The highest BCUT2D eigenvalue weighted by molar-refractivity contribution is 5.69. The zero-order valence-corrected chi connectivity index (χ0v) is 10.1. The van der Waals surface area contributed by atoms with Crippen LogP contribution in [0, 0.1) is 5.92 Å². The second-order valence-corrected chi connectivity index (χ2v) is 4.42. The van der Waals surface area contributed by atoms with E-state index < -0.39 is 0 Å². The Morgan fingerprint density at radius 3 is 2.25 bits per heavy atom. The number of carbonyl (C=O) groups is 1. The molecule has 1 saturated heterocycles. The van der Waals surface area contributed by atoms with Gasteiger partial charge in [0, 0.05) is 0 Å². The third-order valence-electron chi connectivity index (χ3n) is 1.85. The normalized spacial score (nSPS) is 18.5. The zero-order chi connectivity index (χ0) is 12.0. The van der Waals surface area contributed by atoms with Crippen LogP contribution in [-0.2, 0) is 4.74 Å². The molecule has 0 aliphatic carbocycles. The van der Waals surface area contributed by atoms with Gasteiger partial charge in [0.25, 0.3) is 0 Å². The summed E-state index contributed by atoms with van der Waals surface area (Å²) in [5.41, 5.74) is 1.04. The Morgan fingerprint density at radius 1 is 1.25 bits per heavy atom. The average molecular weight is 221 g/mol. The SMILES string of the molecule is CC(C)C.O=C1NC[C@@H](c2ccccc2)O1. The third-order valence-corrected chi connectivity index (χ3v) is 1.85. The molecule has 3 heteroatoms. The smallest absolute Gasteiger partial charge is 0.407 e. The Labute approximate surface area is 96.8 Å². The van der Waals surface area contributed by atoms with Gasteiger partial charge in [-0.1, -0.05) is 51.1 Å². The van der Waals surface area contributed by atoms with E-state index >= 15 is 0 Å². The van der Waals surface area contributed by atoms with Crippen molar-refractivity contribution in [3.8, 4) is 0 Å². The van der Waals surface area contributed by atoms with Crippen LogP contribution in [0.4, 0.5) is 4.79 Å². The van der Waals surface area contributed by atoms with Crippen LogP contribution >= 0.6 is 0 Å². The van der Waals surface area contributed by atoms with Crippen LogP contribution in [0.15, 0.2) is 30.3 Å². The molecular weight excluding hydrogens is 202 g/mol. The molecule has 1 atom stereocenters. The summed E-state index contributed by atoms with van der Waals surface area (Å²) < 4.78 is 5.00. The van der Waals surface area contributed by atoms with Crippen LogP contribution in [0.1, 0.15) is 32.4 Å². The van der Waals surface area contributed by atoms with E-state index in [9.17, 15) is 4.79 Å². The van der Waals surface area contributed by atoms with Gasteiger partial charge in [-0.3, -0.25) is 0 Å². The number of carbonyl (C=O) groups excluding carboxylic acids is 1. The van der Waals surface area contributed by atoms with Gasteiger partial charge in [-0.25, -0.2) is 4.79 Å². The summed E-state index contributed by atoms with van der Waals surface area (Å²) >= 11 is 0. The Kier molecular flexibility index (Phi) is 4.83. The molecule has 0 radical (unpaired) electrons. The molecule has 1 aromatic rings. The lowest BCUT2D eigenvalue weighted by molar-refractivity contribution is 0.141. The Hall–Kier alpha value is -1.51. The molecule has 0 saturated carbocycles. The summed E-state index contributed by atoms with van der Waals surface area (Å²) in [6.45, 7) is 7.07.